The number of hydrogen-bond donors (Lipinski definition) is 1. The summed E-state index contributed by atoms with van der Waals surface area (Å²) in [5.74, 6) is 0.121. The molecule has 0 aromatic rings. The second kappa shape index (κ2) is 10.1. The van der Waals surface area contributed by atoms with Gasteiger partial charge in [-0.1, -0.05) is 6.92 Å². The normalized spacial score (nSPS) is 17.9. The van der Waals surface area contributed by atoms with E-state index in [2.05, 4.69) is 12.2 Å². The van der Waals surface area contributed by atoms with Crippen molar-refractivity contribution in [3.63, 3.8) is 0 Å². The van der Waals surface area contributed by atoms with Crippen molar-refractivity contribution in [1.82, 2.24) is 10.2 Å². The van der Waals surface area contributed by atoms with Gasteiger partial charge in [-0.25, -0.2) is 0 Å². The minimum atomic E-state index is -0.378. The molecule has 1 N–H and O–H groups in total. The molecule has 0 aromatic heterocycles. The average Bonchev–Trinajstić information content (AvgIpc) is 2.49. The van der Waals surface area contributed by atoms with Crippen molar-refractivity contribution in [3.8, 4) is 0 Å². The molecule has 0 radical (unpaired) electrons. The molecule has 1 unspecified atom stereocenters. The number of rotatable bonds is 9. The van der Waals surface area contributed by atoms with Crippen molar-refractivity contribution in [2.45, 2.75) is 52.2 Å². The van der Waals surface area contributed by atoms with Crippen molar-refractivity contribution in [1.29, 1.82) is 0 Å². The number of piperidine rings is 1. The monoisotopic (exact) mass is 286 g/mol. The number of carbonyl (C=O) groups excluding carboxylic acids is 1. The fourth-order valence-electron chi connectivity index (χ4n) is 2.56. The van der Waals surface area contributed by atoms with Crippen LogP contribution in [0, 0.1) is 0 Å². The molecule has 1 rings (SSSR count). The SMILES string of the molecule is CCCN(C(=O)C(C)OCCOCC)C1CCNCC1. The molecule has 0 spiro atoms. The van der Waals surface area contributed by atoms with Crippen LogP contribution in [-0.4, -0.2) is 62.4 Å². The van der Waals surface area contributed by atoms with Gasteiger partial charge in [-0.15, -0.1) is 0 Å². The van der Waals surface area contributed by atoms with E-state index < -0.39 is 0 Å². The summed E-state index contributed by atoms with van der Waals surface area (Å²) in [5.41, 5.74) is 0. The summed E-state index contributed by atoms with van der Waals surface area (Å²) >= 11 is 0. The summed E-state index contributed by atoms with van der Waals surface area (Å²) in [6, 6.07) is 0.363. The highest BCUT2D eigenvalue weighted by atomic mass is 16.5. The van der Waals surface area contributed by atoms with E-state index in [1.54, 1.807) is 0 Å². The first kappa shape index (κ1) is 17.4. The van der Waals surface area contributed by atoms with Gasteiger partial charge in [0.05, 0.1) is 13.2 Å². The molecule has 0 aliphatic carbocycles. The molecule has 1 aliphatic heterocycles. The maximum Gasteiger partial charge on any atom is 0.251 e. The van der Waals surface area contributed by atoms with Gasteiger partial charge >= 0.3 is 0 Å². The molecule has 5 heteroatoms. The number of nitrogens with one attached hydrogen (secondary N) is 1. The van der Waals surface area contributed by atoms with Crippen molar-refractivity contribution in [2.75, 3.05) is 39.5 Å². The number of ether oxygens (including phenoxy) is 2. The molecule has 1 atom stereocenters. The Bertz CT molecular complexity index is 268. The highest BCUT2D eigenvalue weighted by Crippen LogP contribution is 2.14. The fourth-order valence-corrected chi connectivity index (χ4v) is 2.56. The molecular weight excluding hydrogens is 256 g/mol. The van der Waals surface area contributed by atoms with Gasteiger partial charge in [-0.05, 0) is 46.2 Å². The van der Waals surface area contributed by atoms with Crippen LogP contribution in [0.15, 0.2) is 0 Å². The van der Waals surface area contributed by atoms with Gasteiger partial charge in [-0.3, -0.25) is 4.79 Å². The van der Waals surface area contributed by atoms with Crippen molar-refractivity contribution in [3.05, 3.63) is 0 Å². The lowest BCUT2D eigenvalue weighted by Gasteiger charge is -2.36. The Hall–Kier alpha value is -0.650. The molecule has 1 fully saturated rings. The van der Waals surface area contributed by atoms with Gasteiger partial charge < -0.3 is 19.7 Å². The number of carbonyl (C=O) groups is 1. The Kier molecular flexibility index (Phi) is 8.82. The van der Waals surface area contributed by atoms with Crippen molar-refractivity contribution < 1.29 is 14.3 Å². The van der Waals surface area contributed by atoms with Crippen LogP contribution in [0.25, 0.3) is 0 Å². The zero-order chi connectivity index (χ0) is 14.8. The lowest BCUT2D eigenvalue weighted by atomic mass is 10.0. The molecule has 20 heavy (non-hydrogen) atoms. The highest BCUT2D eigenvalue weighted by molar-refractivity contribution is 5.80. The lowest BCUT2D eigenvalue weighted by Crippen LogP contribution is -2.49. The van der Waals surface area contributed by atoms with Crippen LogP contribution < -0.4 is 5.32 Å². The third-order valence-electron chi connectivity index (χ3n) is 3.64. The largest absolute Gasteiger partial charge is 0.379 e. The zero-order valence-corrected chi connectivity index (χ0v) is 13.2. The van der Waals surface area contributed by atoms with Gasteiger partial charge in [0.15, 0.2) is 0 Å². The highest BCUT2D eigenvalue weighted by Gasteiger charge is 2.28. The Balaban J connectivity index is 2.44. The van der Waals surface area contributed by atoms with Crippen LogP contribution in [0.5, 0.6) is 0 Å². The Morgan fingerprint density at radius 1 is 1.30 bits per heavy atom. The third-order valence-corrected chi connectivity index (χ3v) is 3.64. The molecule has 0 aromatic carbocycles. The van der Waals surface area contributed by atoms with Crippen LogP contribution in [0.1, 0.15) is 40.0 Å². The maximum absolute atomic E-state index is 12.5. The van der Waals surface area contributed by atoms with E-state index in [1.165, 1.54) is 0 Å². The number of hydrogen-bond acceptors (Lipinski definition) is 4. The first-order valence-electron chi connectivity index (χ1n) is 7.91. The number of nitrogens with zero attached hydrogens (tertiary/aromatic N) is 1. The molecule has 5 nitrogen and oxygen atoms in total. The third kappa shape index (κ3) is 5.77. The minimum absolute atomic E-state index is 0.121. The fraction of sp³-hybridized carbons (Fsp3) is 0.933. The average molecular weight is 286 g/mol. The Morgan fingerprint density at radius 3 is 2.60 bits per heavy atom. The van der Waals surface area contributed by atoms with Gasteiger partial charge in [0.25, 0.3) is 5.91 Å². The summed E-state index contributed by atoms with van der Waals surface area (Å²) in [7, 11) is 0. The molecule has 1 amide bonds. The quantitative estimate of drug-likeness (QED) is 0.651. The van der Waals surface area contributed by atoms with E-state index in [9.17, 15) is 4.79 Å². The second-order valence-electron chi connectivity index (χ2n) is 5.22. The van der Waals surface area contributed by atoms with E-state index in [0.717, 1.165) is 38.9 Å². The van der Waals surface area contributed by atoms with Crippen LogP contribution in [-0.2, 0) is 14.3 Å². The first-order chi connectivity index (χ1) is 9.70. The van der Waals surface area contributed by atoms with Gasteiger partial charge in [0, 0.05) is 19.2 Å². The molecule has 0 bridgehead atoms. The smallest absolute Gasteiger partial charge is 0.251 e. The minimum Gasteiger partial charge on any atom is -0.379 e. The molecule has 0 saturated carbocycles. The summed E-state index contributed by atoms with van der Waals surface area (Å²) in [5, 5.41) is 3.34. The van der Waals surface area contributed by atoms with Gasteiger partial charge in [0.2, 0.25) is 0 Å². The van der Waals surface area contributed by atoms with E-state index in [-0.39, 0.29) is 12.0 Å². The number of amides is 1. The van der Waals surface area contributed by atoms with Crippen LogP contribution in [0.4, 0.5) is 0 Å². The Labute approximate surface area is 123 Å². The summed E-state index contributed by atoms with van der Waals surface area (Å²) in [4.78, 5) is 14.6. The zero-order valence-electron chi connectivity index (χ0n) is 13.2. The molecule has 1 saturated heterocycles. The van der Waals surface area contributed by atoms with Crippen LogP contribution in [0.2, 0.25) is 0 Å². The molecule has 1 heterocycles. The standard InChI is InChI=1S/C15H30N2O3/c1-4-10-17(14-6-8-16-9-7-14)15(18)13(3)20-12-11-19-5-2/h13-14,16H,4-12H2,1-3H3. The summed E-state index contributed by atoms with van der Waals surface area (Å²) < 4.78 is 10.8. The van der Waals surface area contributed by atoms with Crippen molar-refractivity contribution in [2.24, 2.45) is 0 Å². The summed E-state index contributed by atoms with van der Waals surface area (Å²) in [6.45, 7) is 10.4. The van der Waals surface area contributed by atoms with E-state index in [1.807, 2.05) is 18.7 Å². The molecular formula is C15H30N2O3. The molecule has 118 valence electrons. The predicted octanol–water partition coefficient (Wildman–Crippen LogP) is 1.42. The van der Waals surface area contributed by atoms with Gasteiger partial charge in [-0.2, -0.15) is 0 Å². The van der Waals surface area contributed by atoms with E-state index in [0.29, 0.717) is 25.9 Å². The van der Waals surface area contributed by atoms with Gasteiger partial charge in [0.1, 0.15) is 6.10 Å². The van der Waals surface area contributed by atoms with E-state index >= 15 is 0 Å². The van der Waals surface area contributed by atoms with Crippen molar-refractivity contribution >= 4 is 5.91 Å². The van der Waals surface area contributed by atoms with Crippen LogP contribution in [0.3, 0.4) is 0 Å². The summed E-state index contributed by atoms with van der Waals surface area (Å²) in [6.07, 6.45) is 2.69. The molecule has 1 aliphatic rings. The second-order valence-corrected chi connectivity index (χ2v) is 5.22. The first-order valence-corrected chi connectivity index (χ1v) is 7.91. The van der Waals surface area contributed by atoms with Crippen LogP contribution >= 0.6 is 0 Å². The lowest BCUT2D eigenvalue weighted by molar-refractivity contribution is -0.146. The maximum atomic E-state index is 12.5. The topological polar surface area (TPSA) is 50.8 Å². The predicted molar refractivity (Wildman–Crippen MR) is 79.8 cm³/mol. The Morgan fingerprint density at radius 2 is 2.00 bits per heavy atom. The van der Waals surface area contributed by atoms with E-state index in [4.69, 9.17) is 9.47 Å².